The van der Waals surface area contributed by atoms with Gasteiger partial charge in [-0.3, -0.25) is 0 Å². The van der Waals surface area contributed by atoms with Gasteiger partial charge in [0.2, 0.25) is 5.17 Å². The first kappa shape index (κ1) is 14.4. The molecule has 2 heterocycles. The third kappa shape index (κ3) is 2.63. The highest BCUT2D eigenvalue weighted by molar-refractivity contribution is 8.47. The second-order valence-corrected chi connectivity index (χ2v) is 7.22. The summed E-state index contributed by atoms with van der Waals surface area (Å²) in [6.45, 7) is 2.48. The minimum Gasteiger partial charge on any atom is -0.373 e. The Morgan fingerprint density at radius 2 is 2.26 bits per heavy atom. The fourth-order valence-corrected chi connectivity index (χ4v) is 4.35. The van der Waals surface area contributed by atoms with Gasteiger partial charge in [-0.2, -0.15) is 0 Å². The highest BCUT2D eigenvalue weighted by atomic mass is 32.8. The molecule has 2 aliphatic heterocycles. The second-order valence-electron chi connectivity index (χ2n) is 4.31. The maximum Gasteiger partial charge on any atom is 0.328 e. The fraction of sp³-hybridized carbons (Fsp3) is 0.700. The zero-order chi connectivity index (χ0) is 14.0. The number of carbonyl (C=O) groups excluding carboxylic acids is 1. The van der Waals surface area contributed by atoms with E-state index in [1.165, 1.54) is 9.80 Å². The van der Waals surface area contributed by atoms with E-state index in [4.69, 9.17) is 0 Å². The standard InChI is InChI=1S/C10H16N4O3S2/c1-3-4-7-11-12-9(19(7)18-17)14-8(15)5-6-13(2)10(14)16/h8,15H,3-6H2,1-2H3. The van der Waals surface area contributed by atoms with Gasteiger partial charge in [-0.25, -0.2) is 13.9 Å². The van der Waals surface area contributed by atoms with E-state index < -0.39 is 15.7 Å². The molecule has 1 N–H and O–H groups in total. The molecule has 0 spiro atoms. The molecule has 0 bridgehead atoms. The van der Waals surface area contributed by atoms with Crippen LogP contribution in [0.3, 0.4) is 0 Å². The normalized spacial score (nSPS) is 27.4. The van der Waals surface area contributed by atoms with Crippen molar-refractivity contribution in [3.05, 3.63) is 0 Å². The lowest BCUT2D eigenvalue weighted by atomic mass is 10.3. The van der Waals surface area contributed by atoms with Gasteiger partial charge in [-0.15, -0.1) is 10.2 Å². The van der Waals surface area contributed by atoms with Crippen LogP contribution in [0, 0.1) is 0 Å². The Balaban J connectivity index is 2.28. The molecule has 0 saturated carbocycles. The van der Waals surface area contributed by atoms with Crippen LogP contribution in [0.2, 0.25) is 0 Å². The van der Waals surface area contributed by atoms with E-state index >= 15 is 0 Å². The van der Waals surface area contributed by atoms with Crippen LogP contribution >= 0.6 is 0 Å². The van der Waals surface area contributed by atoms with Crippen LogP contribution in [0.15, 0.2) is 10.2 Å². The minimum absolute atomic E-state index is 0.285. The Hall–Kier alpha value is -1.06. The third-order valence-corrected chi connectivity index (χ3v) is 5.81. The van der Waals surface area contributed by atoms with Crippen LogP contribution in [0.5, 0.6) is 0 Å². The van der Waals surface area contributed by atoms with Gasteiger partial charge < -0.3 is 10.0 Å². The molecule has 0 aromatic rings. The van der Waals surface area contributed by atoms with E-state index in [1.807, 2.05) is 6.92 Å². The van der Waals surface area contributed by atoms with Crippen LogP contribution in [0.1, 0.15) is 26.2 Å². The molecule has 0 aliphatic carbocycles. The summed E-state index contributed by atoms with van der Waals surface area (Å²) >= 11 is 0. The van der Waals surface area contributed by atoms with E-state index in [1.54, 1.807) is 7.05 Å². The smallest absolute Gasteiger partial charge is 0.328 e. The summed E-state index contributed by atoms with van der Waals surface area (Å²) in [5, 5.41) is 18.9. The first-order valence-electron chi connectivity index (χ1n) is 6.01. The number of carbonyl (C=O) groups is 1. The number of aliphatic hydroxyl groups excluding tert-OH is 1. The summed E-state index contributed by atoms with van der Waals surface area (Å²) in [6.07, 6.45) is 1.05. The molecule has 19 heavy (non-hydrogen) atoms. The summed E-state index contributed by atoms with van der Waals surface area (Å²) < 4.78 is 11.3. The number of nitrogens with zero attached hydrogens (tertiary/aromatic N) is 4. The SMILES string of the molecule is CCCC1=NN=C(N2C(=O)N(C)CCC2O)S1=S=O. The number of rotatable bonds is 2. The summed E-state index contributed by atoms with van der Waals surface area (Å²) in [5.74, 6) is 0. The lowest BCUT2D eigenvalue weighted by Gasteiger charge is -2.36. The lowest BCUT2D eigenvalue weighted by Crippen LogP contribution is -2.56. The quantitative estimate of drug-likeness (QED) is 0.795. The minimum atomic E-state index is -0.930. The number of amides is 2. The molecule has 0 radical (unpaired) electrons. The van der Waals surface area contributed by atoms with Gasteiger partial charge in [0.15, 0.2) is 0 Å². The maximum atomic E-state index is 12.1. The molecule has 9 heteroatoms. The van der Waals surface area contributed by atoms with Gasteiger partial charge in [-0.1, -0.05) is 6.92 Å². The zero-order valence-corrected chi connectivity index (χ0v) is 12.4. The van der Waals surface area contributed by atoms with Crippen LogP contribution in [0.4, 0.5) is 4.79 Å². The maximum absolute atomic E-state index is 12.1. The zero-order valence-electron chi connectivity index (χ0n) is 10.8. The van der Waals surface area contributed by atoms with E-state index in [2.05, 4.69) is 10.2 Å². The van der Waals surface area contributed by atoms with Crippen molar-refractivity contribution in [2.75, 3.05) is 13.6 Å². The second kappa shape index (κ2) is 5.93. The van der Waals surface area contributed by atoms with Gasteiger partial charge >= 0.3 is 6.03 Å². The average Bonchev–Trinajstić information content (AvgIpc) is 2.78. The van der Waals surface area contributed by atoms with Crippen molar-refractivity contribution < 1.29 is 14.1 Å². The van der Waals surface area contributed by atoms with Crippen molar-refractivity contribution >= 4 is 35.9 Å². The van der Waals surface area contributed by atoms with Crippen LogP contribution in [0.25, 0.3) is 0 Å². The van der Waals surface area contributed by atoms with Gasteiger partial charge in [-0.05, 0) is 12.8 Å². The van der Waals surface area contributed by atoms with Crippen LogP contribution in [-0.4, -0.2) is 55.2 Å². The lowest BCUT2D eigenvalue weighted by molar-refractivity contribution is 0.0278. The monoisotopic (exact) mass is 304 g/mol. The Morgan fingerprint density at radius 1 is 1.53 bits per heavy atom. The summed E-state index contributed by atoms with van der Waals surface area (Å²) in [4.78, 5) is 14.8. The number of amidine groups is 1. The molecule has 1 saturated heterocycles. The molecule has 2 aliphatic rings. The summed E-state index contributed by atoms with van der Waals surface area (Å²) in [7, 11) is 1.16. The third-order valence-electron chi connectivity index (χ3n) is 2.92. The van der Waals surface area contributed by atoms with E-state index in [-0.39, 0.29) is 11.2 Å². The number of hydrogen-bond acceptors (Lipinski definition) is 5. The van der Waals surface area contributed by atoms with Crippen molar-refractivity contribution in [3.8, 4) is 0 Å². The van der Waals surface area contributed by atoms with Crippen molar-refractivity contribution in [1.82, 2.24) is 9.80 Å². The molecule has 1 fully saturated rings. The largest absolute Gasteiger partial charge is 0.373 e. The molecule has 2 amide bonds. The molecule has 0 aromatic carbocycles. The summed E-state index contributed by atoms with van der Waals surface area (Å²) in [6, 6.07) is -0.336. The van der Waals surface area contributed by atoms with Gasteiger partial charge in [0.25, 0.3) is 0 Å². The molecular formula is C10H16N4O3S2. The molecule has 106 valence electrons. The highest BCUT2D eigenvalue weighted by Gasteiger charge is 2.38. The highest BCUT2D eigenvalue weighted by Crippen LogP contribution is 2.20. The Morgan fingerprint density at radius 3 is 2.89 bits per heavy atom. The molecule has 0 aromatic heterocycles. The Bertz CT molecular complexity index is 513. The summed E-state index contributed by atoms with van der Waals surface area (Å²) in [5.41, 5.74) is 0. The predicted octanol–water partition coefficient (Wildman–Crippen LogP) is 0.292. The number of urea groups is 1. The van der Waals surface area contributed by atoms with Crippen molar-refractivity contribution in [1.29, 1.82) is 0 Å². The Kier molecular flexibility index (Phi) is 4.48. The number of aliphatic hydroxyl groups is 1. The van der Waals surface area contributed by atoms with E-state index in [0.717, 1.165) is 6.42 Å². The number of hydrogen-bond donors (Lipinski definition) is 1. The van der Waals surface area contributed by atoms with Gasteiger partial charge in [0, 0.05) is 29.5 Å². The first-order valence-corrected chi connectivity index (χ1v) is 8.50. The van der Waals surface area contributed by atoms with Gasteiger partial charge in [0.1, 0.15) is 21.5 Å². The fourth-order valence-electron chi connectivity index (χ4n) is 1.90. The first-order chi connectivity index (χ1) is 9.10. The molecular weight excluding hydrogens is 288 g/mol. The topological polar surface area (TPSA) is 85.6 Å². The predicted molar refractivity (Wildman–Crippen MR) is 75.8 cm³/mol. The van der Waals surface area contributed by atoms with Crippen LogP contribution in [-0.2, 0) is 19.7 Å². The average molecular weight is 304 g/mol. The molecule has 7 nitrogen and oxygen atoms in total. The van der Waals surface area contributed by atoms with Crippen LogP contribution < -0.4 is 0 Å². The Labute approximate surface area is 116 Å². The van der Waals surface area contributed by atoms with E-state index in [9.17, 15) is 14.1 Å². The molecule has 2 unspecified atom stereocenters. The van der Waals surface area contributed by atoms with Gasteiger partial charge in [0.05, 0.1) is 0 Å². The van der Waals surface area contributed by atoms with Crippen molar-refractivity contribution in [3.63, 3.8) is 0 Å². The van der Waals surface area contributed by atoms with Crippen molar-refractivity contribution in [2.45, 2.75) is 32.4 Å². The van der Waals surface area contributed by atoms with Crippen molar-refractivity contribution in [2.24, 2.45) is 10.2 Å². The molecule has 2 rings (SSSR count). The molecule has 2 atom stereocenters. The van der Waals surface area contributed by atoms with E-state index in [0.29, 0.717) is 34.7 Å².